The minimum atomic E-state index is -0.731. The van der Waals surface area contributed by atoms with E-state index in [0.29, 0.717) is 0 Å². The van der Waals surface area contributed by atoms with Gasteiger partial charge in [-0.05, 0) is 22.0 Å². The third-order valence-electron chi connectivity index (χ3n) is 3.85. The van der Waals surface area contributed by atoms with Crippen molar-refractivity contribution < 1.29 is 9.90 Å². The second-order valence-electron chi connectivity index (χ2n) is 7.98. The molecule has 4 nitrogen and oxygen atoms in total. The first-order valence-corrected chi connectivity index (χ1v) is 7.74. The molecule has 124 valence electrons. The molecule has 4 N–H and O–H groups in total. The molecular weight excluding hydrogens is 276 g/mol. The maximum absolute atomic E-state index is 12.0. The Kier molecular flexibility index (Phi) is 5.76. The van der Waals surface area contributed by atoms with Crippen molar-refractivity contribution in [1.29, 1.82) is 0 Å². The fourth-order valence-electron chi connectivity index (χ4n) is 2.02. The summed E-state index contributed by atoms with van der Waals surface area (Å²) in [5.41, 5.74) is 7.67. The van der Waals surface area contributed by atoms with Crippen LogP contribution in [-0.4, -0.2) is 23.6 Å². The second-order valence-corrected chi connectivity index (χ2v) is 7.98. The van der Waals surface area contributed by atoms with Crippen molar-refractivity contribution in [3.8, 4) is 0 Å². The standard InChI is InChI=1S/C18H30N2O2/c1-17(2,3)13-9-7-12(8-10-13)14(21)11-20-16(22)15(19)18(4,5)6/h7-10,14-15,21H,11,19H2,1-6H3,(H,20,22)/t14?,15-/m1/s1. The number of benzene rings is 1. The third-order valence-corrected chi connectivity index (χ3v) is 3.85. The van der Waals surface area contributed by atoms with Crippen molar-refractivity contribution in [3.05, 3.63) is 35.4 Å². The van der Waals surface area contributed by atoms with E-state index >= 15 is 0 Å². The van der Waals surface area contributed by atoms with Crippen LogP contribution in [0.5, 0.6) is 0 Å². The molecule has 0 aromatic heterocycles. The van der Waals surface area contributed by atoms with Crippen LogP contribution in [0.2, 0.25) is 0 Å². The summed E-state index contributed by atoms with van der Waals surface area (Å²) in [5, 5.41) is 12.9. The Bertz CT molecular complexity index is 495. The number of rotatable bonds is 4. The molecule has 0 aliphatic carbocycles. The summed E-state index contributed by atoms with van der Waals surface area (Å²) in [5.74, 6) is -0.238. The van der Waals surface area contributed by atoms with Gasteiger partial charge in [0.25, 0.3) is 0 Å². The van der Waals surface area contributed by atoms with Crippen LogP contribution in [0.4, 0.5) is 0 Å². The molecule has 0 saturated heterocycles. The molecule has 1 unspecified atom stereocenters. The number of aliphatic hydroxyl groups is 1. The topological polar surface area (TPSA) is 75.3 Å². The largest absolute Gasteiger partial charge is 0.387 e. The SMILES string of the molecule is CC(C)(C)c1ccc(C(O)CNC(=O)[C@@H](N)C(C)(C)C)cc1. The molecule has 0 fully saturated rings. The predicted octanol–water partition coefficient (Wildman–Crippen LogP) is 2.51. The number of hydrogen-bond acceptors (Lipinski definition) is 3. The van der Waals surface area contributed by atoms with Crippen LogP contribution in [-0.2, 0) is 10.2 Å². The summed E-state index contributed by atoms with van der Waals surface area (Å²) in [6.45, 7) is 12.3. The lowest BCUT2D eigenvalue weighted by atomic mass is 9.86. The molecule has 0 heterocycles. The van der Waals surface area contributed by atoms with Gasteiger partial charge < -0.3 is 16.2 Å². The van der Waals surface area contributed by atoms with Crippen LogP contribution < -0.4 is 11.1 Å². The molecule has 1 aromatic rings. The average Bonchev–Trinajstić information content (AvgIpc) is 2.41. The monoisotopic (exact) mass is 306 g/mol. The Balaban J connectivity index is 2.63. The molecule has 0 radical (unpaired) electrons. The number of amides is 1. The van der Waals surface area contributed by atoms with Crippen LogP contribution in [0.25, 0.3) is 0 Å². The molecule has 22 heavy (non-hydrogen) atoms. The maximum Gasteiger partial charge on any atom is 0.237 e. The lowest BCUT2D eigenvalue weighted by Gasteiger charge is -2.26. The highest BCUT2D eigenvalue weighted by atomic mass is 16.3. The molecule has 2 atom stereocenters. The summed E-state index contributed by atoms with van der Waals surface area (Å²) in [4.78, 5) is 12.0. The van der Waals surface area contributed by atoms with Gasteiger partial charge in [-0.25, -0.2) is 0 Å². The summed E-state index contributed by atoms with van der Waals surface area (Å²) in [7, 11) is 0. The lowest BCUT2D eigenvalue weighted by Crippen LogP contribution is -2.49. The van der Waals surface area contributed by atoms with E-state index in [1.807, 2.05) is 45.0 Å². The first-order chi connectivity index (χ1) is 9.93. The molecule has 1 aromatic carbocycles. The van der Waals surface area contributed by atoms with E-state index in [1.54, 1.807) is 0 Å². The molecule has 0 aliphatic rings. The molecule has 0 spiro atoms. The highest BCUT2D eigenvalue weighted by molar-refractivity contribution is 5.82. The summed E-state index contributed by atoms with van der Waals surface area (Å²) >= 11 is 0. The summed E-state index contributed by atoms with van der Waals surface area (Å²) in [6.07, 6.45) is -0.731. The Morgan fingerprint density at radius 3 is 2.05 bits per heavy atom. The molecule has 0 aliphatic heterocycles. The molecular formula is C18H30N2O2. The molecule has 1 rings (SSSR count). The first-order valence-electron chi connectivity index (χ1n) is 7.74. The van der Waals surface area contributed by atoms with Gasteiger partial charge in [-0.1, -0.05) is 65.8 Å². The lowest BCUT2D eigenvalue weighted by molar-refractivity contribution is -0.125. The highest BCUT2D eigenvalue weighted by Gasteiger charge is 2.27. The highest BCUT2D eigenvalue weighted by Crippen LogP contribution is 2.24. The number of nitrogens with two attached hydrogens (primary N) is 1. The normalized spacial score (nSPS) is 15.3. The van der Waals surface area contributed by atoms with Gasteiger partial charge in [0.05, 0.1) is 12.1 Å². The second kappa shape index (κ2) is 6.80. The van der Waals surface area contributed by atoms with E-state index in [-0.39, 0.29) is 23.3 Å². The first kappa shape index (κ1) is 18.7. The van der Waals surface area contributed by atoms with Gasteiger partial charge >= 0.3 is 0 Å². The van der Waals surface area contributed by atoms with Crippen molar-refractivity contribution in [2.24, 2.45) is 11.1 Å². The van der Waals surface area contributed by atoms with Crippen molar-refractivity contribution in [2.45, 2.75) is 59.1 Å². The van der Waals surface area contributed by atoms with Gasteiger partial charge in [-0.3, -0.25) is 4.79 Å². The number of aliphatic hydroxyl groups excluding tert-OH is 1. The van der Waals surface area contributed by atoms with Gasteiger partial charge in [0.2, 0.25) is 5.91 Å². The number of carbonyl (C=O) groups excluding carboxylic acids is 1. The fraction of sp³-hybridized carbons (Fsp3) is 0.611. The zero-order chi connectivity index (χ0) is 17.1. The summed E-state index contributed by atoms with van der Waals surface area (Å²) < 4.78 is 0. The minimum Gasteiger partial charge on any atom is -0.387 e. The van der Waals surface area contributed by atoms with Gasteiger partial charge in [-0.15, -0.1) is 0 Å². The van der Waals surface area contributed by atoms with Crippen LogP contribution in [0, 0.1) is 5.41 Å². The molecule has 4 heteroatoms. The van der Waals surface area contributed by atoms with Gasteiger partial charge in [0, 0.05) is 6.54 Å². The molecule has 0 bridgehead atoms. The number of carbonyl (C=O) groups is 1. The Labute approximate surface area is 134 Å². The van der Waals surface area contributed by atoms with E-state index in [9.17, 15) is 9.90 Å². The molecule has 0 saturated carbocycles. The van der Waals surface area contributed by atoms with Crippen LogP contribution >= 0.6 is 0 Å². The Morgan fingerprint density at radius 2 is 1.64 bits per heavy atom. The number of nitrogens with one attached hydrogen (secondary N) is 1. The zero-order valence-corrected chi connectivity index (χ0v) is 14.6. The van der Waals surface area contributed by atoms with E-state index in [2.05, 4.69) is 26.1 Å². The summed E-state index contributed by atoms with van der Waals surface area (Å²) in [6, 6.07) is 7.24. The van der Waals surface area contributed by atoms with Crippen LogP contribution in [0.3, 0.4) is 0 Å². The Hall–Kier alpha value is -1.39. The number of hydrogen-bond donors (Lipinski definition) is 3. The zero-order valence-electron chi connectivity index (χ0n) is 14.6. The smallest absolute Gasteiger partial charge is 0.237 e. The minimum absolute atomic E-state index is 0.0805. The predicted molar refractivity (Wildman–Crippen MR) is 90.5 cm³/mol. The third kappa shape index (κ3) is 5.11. The molecule has 1 amide bonds. The van der Waals surface area contributed by atoms with E-state index in [4.69, 9.17) is 5.73 Å². The van der Waals surface area contributed by atoms with E-state index in [1.165, 1.54) is 5.56 Å². The van der Waals surface area contributed by atoms with Crippen LogP contribution in [0.15, 0.2) is 24.3 Å². The maximum atomic E-state index is 12.0. The van der Waals surface area contributed by atoms with Gasteiger partial charge in [0.15, 0.2) is 0 Å². The average molecular weight is 306 g/mol. The van der Waals surface area contributed by atoms with Crippen molar-refractivity contribution in [1.82, 2.24) is 5.32 Å². The fourth-order valence-corrected chi connectivity index (χ4v) is 2.02. The van der Waals surface area contributed by atoms with Crippen LogP contribution in [0.1, 0.15) is 58.8 Å². The quantitative estimate of drug-likeness (QED) is 0.800. The van der Waals surface area contributed by atoms with Crippen molar-refractivity contribution >= 4 is 5.91 Å². The van der Waals surface area contributed by atoms with E-state index < -0.39 is 12.1 Å². The van der Waals surface area contributed by atoms with Gasteiger partial charge in [0.1, 0.15) is 0 Å². The van der Waals surface area contributed by atoms with Crippen molar-refractivity contribution in [2.75, 3.05) is 6.54 Å². The Morgan fingerprint density at radius 1 is 1.14 bits per heavy atom. The van der Waals surface area contributed by atoms with E-state index in [0.717, 1.165) is 5.56 Å². The van der Waals surface area contributed by atoms with Gasteiger partial charge in [-0.2, -0.15) is 0 Å². The van der Waals surface area contributed by atoms with Crippen molar-refractivity contribution in [3.63, 3.8) is 0 Å².